The minimum absolute atomic E-state index is 0.103. The molecule has 1 saturated heterocycles. The number of esters is 1. The number of carbonyl (C=O) groups is 4. The zero-order valence-corrected chi connectivity index (χ0v) is 29.1. The molecule has 10 nitrogen and oxygen atoms in total. The molecule has 0 aromatic heterocycles. The van der Waals surface area contributed by atoms with Crippen molar-refractivity contribution in [1.29, 1.82) is 0 Å². The molecule has 1 heterocycles. The topological polar surface area (TPSA) is 135 Å². The summed E-state index contributed by atoms with van der Waals surface area (Å²) in [7, 11) is 0. The molecule has 6 rings (SSSR count). The maximum Gasteiger partial charge on any atom is 0.514 e. The molecule has 0 radical (unpaired) electrons. The van der Waals surface area contributed by atoms with E-state index in [9.17, 15) is 24.3 Å². The van der Waals surface area contributed by atoms with Gasteiger partial charge in [-0.3, -0.25) is 9.59 Å². The van der Waals surface area contributed by atoms with Crippen LogP contribution in [0.5, 0.6) is 5.75 Å². The molecule has 49 heavy (non-hydrogen) atoms. The zero-order valence-electron chi connectivity index (χ0n) is 29.1. The Hall–Kier alpha value is -3.41. The molecule has 266 valence electrons. The van der Waals surface area contributed by atoms with Crippen LogP contribution in [-0.2, 0) is 28.5 Å². The maximum absolute atomic E-state index is 17.6. The van der Waals surface area contributed by atoms with Gasteiger partial charge in [0.05, 0.1) is 24.4 Å². The molecule has 0 spiro atoms. The quantitative estimate of drug-likeness (QED) is 0.180. The molecule has 0 amide bonds. The van der Waals surface area contributed by atoms with Crippen LogP contribution in [0, 0.1) is 29.6 Å². The second-order valence-electron chi connectivity index (χ2n) is 15.2. The van der Waals surface area contributed by atoms with E-state index in [1.165, 1.54) is 24.3 Å². The number of Topliss-reactive ketones (excluding diaryl/α,β-unsaturated/α-hetero) is 1. The van der Waals surface area contributed by atoms with Crippen LogP contribution >= 0.6 is 0 Å². The summed E-state index contributed by atoms with van der Waals surface area (Å²) in [4.78, 5) is 51.8. The molecule has 1 aromatic rings. The van der Waals surface area contributed by atoms with Crippen LogP contribution in [0.3, 0.4) is 0 Å². The Morgan fingerprint density at radius 2 is 1.84 bits per heavy atom. The van der Waals surface area contributed by atoms with Crippen LogP contribution in [0.15, 0.2) is 42.0 Å². The van der Waals surface area contributed by atoms with Crippen molar-refractivity contribution in [2.45, 2.75) is 116 Å². The number of unbranched alkanes of at least 4 members (excludes halogenated alkanes) is 2. The summed E-state index contributed by atoms with van der Waals surface area (Å²) in [5.41, 5.74) is -4.49. The first-order valence-corrected chi connectivity index (χ1v) is 17.4. The number of aliphatic hydroxyl groups excluding tert-OH is 1. The summed E-state index contributed by atoms with van der Waals surface area (Å²) in [6.07, 6.45) is 4.88. The van der Waals surface area contributed by atoms with E-state index in [4.69, 9.17) is 23.7 Å². The van der Waals surface area contributed by atoms with E-state index in [1.807, 2.05) is 6.92 Å². The summed E-state index contributed by atoms with van der Waals surface area (Å²) in [6.45, 7) is 10.3. The fourth-order valence-corrected chi connectivity index (χ4v) is 9.65. The Bertz CT molecular complexity index is 1610. The van der Waals surface area contributed by atoms with Crippen molar-refractivity contribution in [3.63, 3.8) is 0 Å². The van der Waals surface area contributed by atoms with Gasteiger partial charge in [-0.25, -0.2) is 14.0 Å². The maximum atomic E-state index is 17.6. The molecule has 1 aliphatic heterocycles. The first-order chi connectivity index (χ1) is 23.0. The summed E-state index contributed by atoms with van der Waals surface area (Å²) >= 11 is 0. The number of allylic oxidation sites excluding steroid dienone is 4. The van der Waals surface area contributed by atoms with Gasteiger partial charge in [0.25, 0.3) is 0 Å². The van der Waals surface area contributed by atoms with Crippen LogP contribution in [0.1, 0.15) is 95.5 Å². The van der Waals surface area contributed by atoms with Gasteiger partial charge in [0.15, 0.2) is 29.4 Å². The number of carbonyl (C=O) groups excluding carboxylic acids is 4. The fourth-order valence-electron chi connectivity index (χ4n) is 9.65. The molecule has 11 heteroatoms. The number of ketones is 2. The van der Waals surface area contributed by atoms with Gasteiger partial charge < -0.3 is 28.8 Å². The van der Waals surface area contributed by atoms with Gasteiger partial charge in [0.2, 0.25) is 5.78 Å². The lowest BCUT2D eigenvalue weighted by Crippen LogP contribution is -2.70. The van der Waals surface area contributed by atoms with Crippen LogP contribution in [-0.4, -0.2) is 71.3 Å². The molecule has 4 aliphatic carbocycles. The number of rotatable bonds is 9. The third kappa shape index (κ3) is 5.47. The van der Waals surface area contributed by atoms with Crippen LogP contribution in [0.2, 0.25) is 0 Å². The molecular weight excluding hydrogens is 635 g/mol. The standard InChI is InChI=1S/C38H47FO10/c1-7-8-9-16-45-32(43)23-10-13-28(22(2)17-23)47-33(44)46-21-30(42)38-31(48-34(3,4)49-38)19-27-26-12-11-24-18-25(40)14-15-35(24,5)37(26,39)29(41)20-36(27,38)6/h10,13-15,17-18,26-27,29,31,41H,7-9,11-12,16,19-21H2,1-6H3/t26?,27?,29-,31+,35-,36-,37-,38+/m0/s1. The summed E-state index contributed by atoms with van der Waals surface area (Å²) in [6, 6.07) is 4.50. The first kappa shape index (κ1) is 35.4. The predicted molar refractivity (Wildman–Crippen MR) is 174 cm³/mol. The van der Waals surface area contributed by atoms with E-state index in [0.717, 1.165) is 19.3 Å². The van der Waals surface area contributed by atoms with E-state index in [1.54, 1.807) is 39.8 Å². The van der Waals surface area contributed by atoms with Crippen molar-refractivity contribution < 1.29 is 52.4 Å². The monoisotopic (exact) mass is 682 g/mol. The molecular formula is C38H47FO10. The molecule has 1 aromatic carbocycles. The average Bonchev–Trinajstić information content (AvgIpc) is 3.45. The number of hydrogen-bond donors (Lipinski definition) is 1. The molecule has 8 atom stereocenters. The van der Waals surface area contributed by atoms with Crippen molar-refractivity contribution in [3.05, 3.63) is 53.1 Å². The van der Waals surface area contributed by atoms with Gasteiger partial charge in [0, 0.05) is 16.7 Å². The van der Waals surface area contributed by atoms with E-state index in [-0.39, 0.29) is 18.0 Å². The number of hydrogen-bond acceptors (Lipinski definition) is 10. The number of alkyl halides is 1. The molecule has 4 fully saturated rings. The summed E-state index contributed by atoms with van der Waals surface area (Å²) in [5, 5.41) is 11.8. The van der Waals surface area contributed by atoms with E-state index < -0.39 is 76.4 Å². The summed E-state index contributed by atoms with van der Waals surface area (Å²) in [5.74, 6) is -3.32. The van der Waals surface area contributed by atoms with Crippen LogP contribution < -0.4 is 4.74 Å². The lowest BCUT2D eigenvalue weighted by Gasteiger charge is -2.62. The number of aliphatic hydroxyl groups is 1. The van der Waals surface area contributed by atoms with Gasteiger partial charge in [-0.05, 0) is 102 Å². The second kappa shape index (κ2) is 12.4. The van der Waals surface area contributed by atoms with Crippen LogP contribution in [0.4, 0.5) is 9.18 Å². The highest BCUT2D eigenvalue weighted by Crippen LogP contribution is 2.72. The number of benzene rings is 1. The Kier molecular flexibility index (Phi) is 8.98. The fraction of sp³-hybridized carbons (Fsp3) is 0.632. The predicted octanol–water partition coefficient (Wildman–Crippen LogP) is 6.30. The van der Waals surface area contributed by atoms with Crippen molar-refractivity contribution in [1.82, 2.24) is 0 Å². The van der Waals surface area contributed by atoms with Gasteiger partial charge in [-0.1, -0.05) is 38.3 Å². The third-order valence-corrected chi connectivity index (χ3v) is 12.0. The third-order valence-electron chi connectivity index (χ3n) is 12.0. The van der Waals surface area contributed by atoms with Gasteiger partial charge in [0.1, 0.15) is 5.75 Å². The Morgan fingerprint density at radius 3 is 2.55 bits per heavy atom. The van der Waals surface area contributed by atoms with E-state index in [2.05, 4.69) is 6.92 Å². The Labute approximate surface area is 286 Å². The van der Waals surface area contributed by atoms with Crippen molar-refractivity contribution >= 4 is 23.7 Å². The highest BCUT2D eigenvalue weighted by Gasteiger charge is 2.80. The normalized spacial score (nSPS) is 36.9. The SMILES string of the molecule is CCCCCOC(=O)c1ccc(OC(=O)OCC(=O)[C@@]23OC(C)(C)O[C@@H]2CC2C4CCC5=CC(=O)C=C[C@]5(C)[C@@]4(F)[C@@H](O)C[C@@]23C)c(C)c1. The van der Waals surface area contributed by atoms with Crippen molar-refractivity contribution in [2.75, 3.05) is 13.2 Å². The van der Waals surface area contributed by atoms with E-state index >= 15 is 4.39 Å². The van der Waals surface area contributed by atoms with Gasteiger partial charge >= 0.3 is 12.1 Å². The largest absolute Gasteiger partial charge is 0.514 e. The summed E-state index contributed by atoms with van der Waals surface area (Å²) < 4.78 is 46.5. The lowest BCUT2D eigenvalue weighted by atomic mass is 9.44. The molecule has 2 unspecified atom stereocenters. The Balaban J connectivity index is 1.19. The molecule has 1 N–H and O–H groups in total. The van der Waals surface area contributed by atoms with Gasteiger partial charge in [-0.15, -0.1) is 0 Å². The minimum atomic E-state index is -2.09. The Morgan fingerprint density at radius 1 is 1.08 bits per heavy atom. The van der Waals surface area contributed by atoms with Crippen molar-refractivity contribution in [3.8, 4) is 5.75 Å². The zero-order chi connectivity index (χ0) is 35.6. The number of fused-ring (bicyclic) bond motifs is 7. The van der Waals surface area contributed by atoms with Crippen LogP contribution in [0.25, 0.3) is 0 Å². The molecule has 0 bridgehead atoms. The molecule has 3 saturated carbocycles. The van der Waals surface area contributed by atoms with Gasteiger partial charge in [-0.2, -0.15) is 0 Å². The highest BCUT2D eigenvalue weighted by atomic mass is 19.1. The molecule has 5 aliphatic rings. The minimum Gasteiger partial charge on any atom is -0.462 e. The number of halogens is 1. The van der Waals surface area contributed by atoms with Crippen molar-refractivity contribution in [2.24, 2.45) is 22.7 Å². The smallest absolute Gasteiger partial charge is 0.462 e. The second-order valence-corrected chi connectivity index (χ2v) is 15.2. The van der Waals surface area contributed by atoms with E-state index in [0.29, 0.717) is 42.6 Å². The average molecular weight is 683 g/mol. The lowest BCUT2D eigenvalue weighted by molar-refractivity contribution is -0.246. The number of aryl methyl sites for hydroxylation is 1. The first-order valence-electron chi connectivity index (χ1n) is 17.4. The highest BCUT2D eigenvalue weighted by molar-refractivity contribution is 6.01. The number of ether oxygens (including phenoxy) is 5.